The smallest absolute Gasteiger partial charge is 0.230 e. The van der Waals surface area contributed by atoms with Crippen LogP contribution in [0.1, 0.15) is 36.8 Å². The van der Waals surface area contributed by atoms with Crippen LogP contribution in [-0.4, -0.2) is 37.5 Å². The van der Waals surface area contributed by atoms with Gasteiger partial charge in [0.1, 0.15) is 0 Å². The van der Waals surface area contributed by atoms with E-state index in [1.54, 1.807) is 12.4 Å². The van der Waals surface area contributed by atoms with Crippen molar-refractivity contribution in [2.75, 3.05) is 5.75 Å². The van der Waals surface area contributed by atoms with Gasteiger partial charge in [-0.2, -0.15) is 0 Å². The number of amides is 1. The minimum atomic E-state index is 0.0556. The fourth-order valence-electron chi connectivity index (χ4n) is 3.79. The molecule has 1 fully saturated rings. The Kier molecular flexibility index (Phi) is 5.94. The van der Waals surface area contributed by atoms with Crippen molar-refractivity contribution in [1.29, 1.82) is 0 Å². The van der Waals surface area contributed by atoms with Gasteiger partial charge < -0.3 is 5.32 Å². The summed E-state index contributed by atoms with van der Waals surface area (Å²) in [6.45, 7) is 4.16. The number of rotatable bonds is 6. The number of benzene rings is 1. The Hall–Kier alpha value is -2.67. The van der Waals surface area contributed by atoms with Crippen molar-refractivity contribution in [3.05, 3.63) is 53.9 Å². The first kappa shape index (κ1) is 19.6. The topological polar surface area (TPSA) is 72.7 Å². The summed E-state index contributed by atoms with van der Waals surface area (Å²) in [5.74, 6) is 1.11. The quantitative estimate of drug-likeness (QED) is 0.623. The molecule has 0 atom stereocenters. The molecular weight excluding hydrogens is 382 g/mol. The molecule has 0 spiro atoms. The summed E-state index contributed by atoms with van der Waals surface area (Å²) in [5, 5.41) is 12.7. The number of hydrogen-bond acceptors (Lipinski definition) is 5. The first-order valence-corrected chi connectivity index (χ1v) is 11.0. The molecule has 0 radical (unpaired) electrons. The third-order valence-corrected chi connectivity index (χ3v) is 6.13. The highest BCUT2D eigenvalue weighted by Crippen LogP contribution is 2.29. The lowest BCUT2D eigenvalue weighted by Gasteiger charge is -2.14. The van der Waals surface area contributed by atoms with Crippen LogP contribution >= 0.6 is 11.8 Å². The van der Waals surface area contributed by atoms with E-state index in [1.807, 2.05) is 16.7 Å². The van der Waals surface area contributed by atoms with Crippen molar-refractivity contribution in [3.63, 3.8) is 0 Å². The molecule has 1 aliphatic carbocycles. The maximum absolute atomic E-state index is 12.4. The number of aromatic nitrogens is 4. The largest absolute Gasteiger partial charge is 0.353 e. The van der Waals surface area contributed by atoms with E-state index in [9.17, 15) is 4.79 Å². The van der Waals surface area contributed by atoms with Crippen LogP contribution in [0.4, 0.5) is 0 Å². The molecule has 7 heteroatoms. The highest BCUT2D eigenvalue weighted by Gasteiger charge is 2.20. The van der Waals surface area contributed by atoms with Crippen LogP contribution in [-0.2, 0) is 4.79 Å². The fourth-order valence-corrected chi connectivity index (χ4v) is 4.54. The molecule has 1 N–H and O–H groups in total. The average molecular weight is 408 g/mol. The van der Waals surface area contributed by atoms with Gasteiger partial charge in [-0.3, -0.25) is 14.3 Å². The molecular formula is C22H25N5OS. The Balaban J connectivity index is 1.63. The van der Waals surface area contributed by atoms with Gasteiger partial charge in [0.15, 0.2) is 11.0 Å². The summed E-state index contributed by atoms with van der Waals surface area (Å²) in [5.41, 5.74) is 4.24. The number of aryl methyl sites for hydroxylation is 2. The van der Waals surface area contributed by atoms with Crippen molar-refractivity contribution in [3.8, 4) is 17.1 Å². The predicted octanol–water partition coefficient (Wildman–Crippen LogP) is 4.10. The van der Waals surface area contributed by atoms with E-state index in [4.69, 9.17) is 0 Å². The molecule has 1 saturated carbocycles. The molecule has 0 bridgehead atoms. The van der Waals surface area contributed by atoms with Crippen molar-refractivity contribution in [2.24, 2.45) is 0 Å². The number of carbonyl (C=O) groups is 1. The molecule has 1 aliphatic rings. The highest BCUT2D eigenvalue weighted by molar-refractivity contribution is 7.99. The Morgan fingerprint density at radius 1 is 1.21 bits per heavy atom. The monoisotopic (exact) mass is 407 g/mol. The highest BCUT2D eigenvalue weighted by atomic mass is 32.2. The van der Waals surface area contributed by atoms with Crippen LogP contribution in [0.3, 0.4) is 0 Å². The molecule has 2 aromatic heterocycles. The van der Waals surface area contributed by atoms with Gasteiger partial charge in [-0.15, -0.1) is 10.2 Å². The normalized spacial score (nSPS) is 14.3. The van der Waals surface area contributed by atoms with Gasteiger partial charge in [0.05, 0.1) is 11.4 Å². The van der Waals surface area contributed by atoms with Crippen molar-refractivity contribution < 1.29 is 4.79 Å². The Labute approximate surface area is 175 Å². The van der Waals surface area contributed by atoms with E-state index in [1.165, 1.54) is 30.2 Å². The van der Waals surface area contributed by atoms with Crippen molar-refractivity contribution in [1.82, 2.24) is 25.1 Å². The fraction of sp³-hybridized carbons (Fsp3) is 0.364. The van der Waals surface area contributed by atoms with Gasteiger partial charge >= 0.3 is 0 Å². The third kappa shape index (κ3) is 4.50. The predicted molar refractivity (Wildman–Crippen MR) is 115 cm³/mol. The van der Waals surface area contributed by atoms with E-state index in [-0.39, 0.29) is 5.91 Å². The number of pyridine rings is 1. The van der Waals surface area contributed by atoms with Gasteiger partial charge in [-0.1, -0.05) is 42.3 Å². The Bertz CT molecular complexity index is 996. The van der Waals surface area contributed by atoms with Crippen LogP contribution in [0.15, 0.2) is 47.9 Å². The minimum Gasteiger partial charge on any atom is -0.353 e. The second-order valence-corrected chi connectivity index (χ2v) is 8.45. The average Bonchev–Trinajstić information content (AvgIpc) is 3.37. The first-order chi connectivity index (χ1) is 14.1. The van der Waals surface area contributed by atoms with Gasteiger partial charge in [0.25, 0.3) is 0 Å². The number of nitrogens with zero attached hydrogens (tertiary/aromatic N) is 4. The summed E-state index contributed by atoms with van der Waals surface area (Å²) in [4.78, 5) is 16.6. The van der Waals surface area contributed by atoms with E-state index >= 15 is 0 Å². The van der Waals surface area contributed by atoms with Crippen LogP contribution in [0, 0.1) is 13.8 Å². The maximum Gasteiger partial charge on any atom is 0.230 e. The summed E-state index contributed by atoms with van der Waals surface area (Å²) < 4.78 is 2.03. The lowest BCUT2D eigenvalue weighted by atomic mass is 10.1. The number of hydrogen-bond donors (Lipinski definition) is 1. The third-order valence-electron chi connectivity index (χ3n) is 5.20. The van der Waals surface area contributed by atoms with Gasteiger partial charge in [0, 0.05) is 24.0 Å². The zero-order valence-corrected chi connectivity index (χ0v) is 17.6. The SMILES string of the molecule is Cc1ccc(-n2c(SCC(=O)NC3CCCC3)nnc2-c2cccnc2)c(C)c1. The molecule has 6 nitrogen and oxygen atoms in total. The van der Waals surface area contributed by atoms with E-state index in [0.29, 0.717) is 17.0 Å². The summed E-state index contributed by atoms with van der Waals surface area (Å²) in [6, 6.07) is 10.5. The van der Waals surface area contributed by atoms with Crippen LogP contribution in [0.5, 0.6) is 0 Å². The van der Waals surface area contributed by atoms with Crippen LogP contribution in [0.2, 0.25) is 0 Å². The van der Waals surface area contributed by atoms with Crippen molar-refractivity contribution >= 4 is 17.7 Å². The van der Waals surface area contributed by atoms with E-state index in [2.05, 4.69) is 52.5 Å². The van der Waals surface area contributed by atoms with E-state index < -0.39 is 0 Å². The second-order valence-electron chi connectivity index (χ2n) is 7.51. The van der Waals surface area contributed by atoms with Gasteiger partial charge in [-0.25, -0.2) is 0 Å². The second kappa shape index (κ2) is 8.78. The maximum atomic E-state index is 12.4. The number of carbonyl (C=O) groups excluding carboxylic acids is 1. The standard InChI is InChI=1S/C22H25N5OS/c1-15-9-10-19(16(2)12-15)27-21(17-6-5-11-23-13-17)25-26-22(27)29-14-20(28)24-18-7-3-4-8-18/h5-6,9-13,18H,3-4,7-8,14H2,1-2H3,(H,24,28). The molecule has 150 valence electrons. The minimum absolute atomic E-state index is 0.0556. The van der Waals surface area contributed by atoms with E-state index in [0.717, 1.165) is 35.5 Å². The summed E-state index contributed by atoms with van der Waals surface area (Å²) in [7, 11) is 0. The van der Waals surface area contributed by atoms with Crippen molar-refractivity contribution in [2.45, 2.75) is 50.7 Å². The molecule has 29 heavy (non-hydrogen) atoms. The van der Waals surface area contributed by atoms with Crippen LogP contribution in [0.25, 0.3) is 17.1 Å². The molecule has 1 aromatic carbocycles. The molecule has 2 heterocycles. The molecule has 3 aromatic rings. The first-order valence-electron chi connectivity index (χ1n) is 9.97. The molecule has 0 aliphatic heterocycles. The molecule has 4 rings (SSSR count). The summed E-state index contributed by atoms with van der Waals surface area (Å²) in [6.07, 6.45) is 8.09. The Morgan fingerprint density at radius 2 is 2.03 bits per heavy atom. The lowest BCUT2D eigenvalue weighted by molar-refractivity contribution is -0.119. The lowest BCUT2D eigenvalue weighted by Crippen LogP contribution is -2.33. The zero-order valence-electron chi connectivity index (χ0n) is 16.8. The zero-order chi connectivity index (χ0) is 20.2. The van der Waals surface area contributed by atoms with Gasteiger partial charge in [-0.05, 0) is 50.5 Å². The Morgan fingerprint density at radius 3 is 2.76 bits per heavy atom. The van der Waals surface area contributed by atoms with Crippen LogP contribution < -0.4 is 5.32 Å². The number of thioether (sulfide) groups is 1. The molecule has 1 amide bonds. The number of nitrogens with one attached hydrogen (secondary N) is 1. The van der Waals surface area contributed by atoms with Gasteiger partial charge in [0.2, 0.25) is 5.91 Å². The molecule has 0 saturated heterocycles. The molecule has 0 unspecified atom stereocenters. The summed E-state index contributed by atoms with van der Waals surface area (Å²) >= 11 is 1.42.